The van der Waals surface area contributed by atoms with Gasteiger partial charge in [-0.05, 0) is 81.6 Å². The van der Waals surface area contributed by atoms with Crippen LogP contribution in [0.5, 0.6) is 5.75 Å². The average molecular weight is 600 g/mol. The highest BCUT2D eigenvalue weighted by molar-refractivity contribution is 7.92. The number of halogens is 1. The fraction of sp³-hybridized carbons (Fsp3) is 0.355. The fourth-order valence-corrected chi connectivity index (χ4v) is 5.72. The molecule has 1 N–H and O–H groups in total. The van der Waals surface area contributed by atoms with Crippen LogP contribution in [0.1, 0.15) is 43.9 Å². The molecule has 3 rings (SSSR count). The minimum atomic E-state index is -4.21. The Morgan fingerprint density at radius 3 is 2.15 bits per heavy atom. The van der Waals surface area contributed by atoms with Gasteiger partial charge in [-0.15, -0.1) is 0 Å². The summed E-state index contributed by atoms with van der Waals surface area (Å²) in [6.45, 7) is 8.69. The molecule has 0 spiro atoms. The van der Waals surface area contributed by atoms with Gasteiger partial charge in [-0.3, -0.25) is 13.9 Å². The van der Waals surface area contributed by atoms with E-state index >= 15 is 0 Å². The largest absolute Gasteiger partial charge is 0.495 e. The maximum Gasteiger partial charge on any atom is 0.264 e. The van der Waals surface area contributed by atoms with E-state index in [2.05, 4.69) is 5.32 Å². The minimum Gasteiger partial charge on any atom is -0.495 e. The van der Waals surface area contributed by atoms with Gasteiger partial charge in [0, 0.05) is 17.6 Å². The first kappa shape index (κ1) is 32.0. The first-order chi connectivity index (χ1) is 19.4. The molecule has 0 aliphatic rings. The molecule has 3 aromatic carbocycles. The first-order valence-electron chi connectivity index (χ1n) is 13.5. The lowest BCUT2D eigenvalue weighted by Crippen LogP contribution is -2.52. The normalized spacial score (nSPS) is 12.8. The number of anilines is 1. The molecule has 0 heterocycles. The van der Waals surface area contributed by atoms with Crippen molar-refractivity contribution in [2.45, 2.75) is 64.6 Å². The molecule has 0 aliphatic heterocycles. The van der Waals surface area contributed by atoms with Gasteiger partial charge in [-0.2, -0.15) is 0 Å². The summed E-state index contributed by atoms with van der Waals surface area (Å²) >= 11 is 6.06. The van der Waals surface area contributed by atoms with Crippen LogP contribution in [-0.4, -0.2) is 50.9 Å². The SMILES string of the molecule is CC[C@@H](C)NC(=O)[C@@H](C)N(Cc1ccc(Cl)cc1)C(=O)CN(c1cc(C)ccc1OC)S(=O)(=O)c1ccc(C)cc1. The smallest absolute Gasteiger partial charge is 0.264 e. The summed E-state index contributed by atoms with van der Waals surface area (Å²) < 4.78 is 34.7. The number of hydrogen-bond acceptors (Lipinski definition) is 5. The highest BCUT2D eigenvalue weighted by Gasteiger charge is 2.34. The van der Waals surface area contributed by atoms with E-state index in [1.54, 1.807) is 61.5 Å². The van der Waals surface area contributed by atoms with Crippen LogP contribution in [0.4, 0.5) is 5.69 Å². The zero-order chi connectivity index (χ0) is 30.3. The number of hydrogen-bond donors (Lipinski definition) is 1. The summed E-state index contributed by atoms with van der Waals surface area (Å²) in [5.74, 6) is -0.584. The number of benzene rings is 3. The van der Waals surface area contributed by atoms with E-state index in [0.29, 0.717) is 10.8 Å². The predicted molar refractivity (Wildman–Crippen MR) is 163 cm³/mol. The standard InChI is InChI=1S/C31H38ClN3O5S/c1-7-23(4)33-31(37)24(5)34(19-25-11-13-26(32)14-12-25)30(36)20-35(28-18-22(3)10-17-29(28)40-6)41(38,39)27-15-8-21(2)9-16-27/h8-18,23-24H,7,19-20H2,1-6H3,(H,33,37)/t23-,24-/m1/s1. The Bertz CT molecular complexity index is 1460. The van der Waals surface area contributed by atoms with Crippen LogP contribution in [0, 0.1) is 13.8 Å². The van der Waals surface area contributed by atoms with Crippen molar-refractivity contribution in [3.8, 4) is 5.75 Å². The molecule has 0 saturated heterocycles. The van der Waals surface area contributed by atoms with Crippen molar-refractivity contribution in [2.75, 3.05) is 18.0 Å². The Balaban J connectivity index is 2.09. The zero-order valence-corrected chi connectivity index (χ0v) is 25.9. The van der Waals surface area contributed by atoms with Crippen LogP contribution >= 0.6 is 11.6 Å². The van der Waals surface area contributed by atoms with E-state index in [-0.39, 0.29) is 29.1 Å². The highest BCUT2D eigenvalue weighted by Crippen LogP contribution is 2.34. The van der Waals surface area contributed by atoms with Crippen molar-refractivity contribution < 1.29 is 22.7 Å². The van der Waals surface area contributed by atoms with E-state index in [0.717, 1.165) is 27.4 Å². The van der Waals surface area contributed by atoms with E-state index in [4.69, 9.17) is 16.3 Å². The maximum atomic E-state index is 14.1. The van der Waals surface area contributed by atoms with Gasteiger partial charge in [0.2, 0.25) is 11.8 Å². The Hall–Kier alpha value is -3.56. The number of rotatable bonds is 12. The summed E-state index contributed by atoms with van der Waals surface area (Å²) in [6, 6.07) is 17.5. The average Bonchev–Trinajstić information content (AvgIpc) is 2.95. The molecule has 220 valence electrons. The van der Waals surface area contributed by atoms with E-state index < -0.39 is 28.5 Å². The lowest BCUT2D eigenvalue weighted by Gasteiger charge is -2.33. The second-order valence-corrected chi connectivity index (χ2v) is 12.4. The van der Waals surface area contributed by atoms with Crippen LogP contribution in [0.3, 0.4) is 0 Å². The summed E-state index contributed by atoms with van der Waals surface area (Å²) in [6.07, 6.45) is 0.722. The second kappa shape index (κ2) is 13.9. The number of nitrogens with zero attached hydrogens (tertiary/aromatic N) is 2. The maximum absolute atomic E-state index is 14.1. The predicted octanol–water partition coefficient (Wildman–Crippen LogP) is 5.49. The van der Waals surface area contributed by atoms with Crippen molar-refractivity contribution in [3.63, 3.8) is 0 Å². The van der Waals surface area contributed by atoms with Crippen LogP contribution in [0.25, 0.3) is 0 Å². The first-order valence-corrected chi connectivity index (χ1v) is 15.3. The number of amides is 2. The molecule has 2 atom stereocenters. The van der Waals surface area contributed by atoms with E-state index in [9.17, 15) is 18.0 Å². The molecule has 0 unspecified atom stereocenters. The number of nitrogens with one attached hydrogen (secondary N) is 1. The zero-order valence-electron chi connectivity index (χ0n) is 24.3. The molecule has 0 aromatic heterocycles. The molecular weight excluding hydrogens is 562 g/mol. The topological polar surface area (TPSA) is 96.0 Å². The quantitative estimate of drug-likeness (QED) is 0.297. The molecule has 41 heavy (non-hydrogen) atoms. The number of carbonyl (C=O) groups excluding carboxylic acids is 2. The molecular formula is C31H38ClN3O5S. The third-order valence-electron chi connectivity index (χ3n) is 6.93. The van der Waals surface area contributed by atoms with Crippen molar-refractivity contribution in [1.29, 1.82) is 0 Å². The van der Waals surface area contributed by atoms with E-state index in [1.807, 2.05) is 27.7 Å². The summed E-state index contributed by atoms with van der Waals surface area (Å²) in [7, 11) is -2.76. The second-order valence-electron chi connectivity index (χ2n) is 10.1. The van der Waals surface area contributed by atoms with Crippen molar-refractivity contribution in [2.24, 2.45) is 0 Å². The molecule has 3 aromatic rings. The Morgan fingerprint density at radius 2 is 1.56 bits per heavy atom. The molecule has 8 nitrogen and oxygen atoms in total. The van der Waals surface area contributed by atoms with Gasteiger partial charge in [-0.25, -0.2) is 8.42 Å². The number of aryl methyl sites for hydroxylation is 2. The van der Waals surface area contributed by atoms with Gasteiger partial charge >= 0.3 is 0 Å². The summed E-state index contributed by atoms with van der Waals surface area (Å²) in [4.78, 5) is 28.7. The van der Waals surface area contributed by atoms with Crippen molar-refractivity contribution in [3.05, 3.63) is 88.4 Å². The third-order valence-corrected chi connectivity index (χ3v) is 8.95. The van der Waals surface area contributed by atoms with Crippen LogP contribution < -0.4 is 14.4 Å². The van der Waals surface area contributed by atoms with Gasteiger partial charge in [0.05, 0.1) is 17.7 Å². The Morgan fingerprint density at radius 1 is 0.951 bits per heavy atom. The lowest BCUT2D eigenvalue weighted by molar-refractivity contribution is -0.139. The minimum absolute atomic E-state index is 0.0336. The molecule has 0 saturated carbocycles. The molecule has 0 aliphatic carbocycles. The van der Waals surface area contributed by atoms with Crippen molar-refractivity contribution in [1.82, 2.24) is 10.2 Å². The number of ether oxygens (including phenoxy) is 1. The fourth-order valence-electron chi connectivity index (χ4n) is 4.18. The Labute approximate surface area is 248 Å². The van der Waals surface area contributed by atoms with Gasteiger partial charge < -0.3 is 15.0 Å². The lowest BCUT2D eigenvalue weighted by atomic mass is 10.1. The third kappa shape index (κ3) is 8.01. The molecule has 0 radical (unpaired) electrons. The van der Waals surface area contributed by atoms with Gasteiger partial charge in [0.1, 0.15) is 18.3 Å². The number of sulfonamides is 1. The van der Waals surface area contributed by atoms with Gasteiger partial charge in [0.25, 0.3) is 10.0 Å². The van der Waals surface area contributed by atoms with Gasteiger partial charge in [-0.1, -0.05) is 54.4 Å². The van der Waals surface area contributed by atoms with Crippen LogP contribution in [0.15, 0.2) is 71.6 Å². The highest BCUT2D eigenvalue weighted by atomic mass is 35.5. The Kier molecular flexibility index (Phi) is 10.8. The van der Waals surface area contributed by atoms with Crippen molar-refractivity contribution >= 4 is 39.1 Å². The van der Waals surface area contributed by atoms with Gasteiger partial charge in [0.15, 0.2) is 0 Å². The number of carbonyl (C=O) groups is 2. The molecule has 0 fully saturated rings. The molecule has 2 amide bonds. The monoisotopic (exact) mass is 599 g/mol. The van der Waals surface area contributed by atoms with Crippen LogP contribution in [0.2, 0.25) is 5.02 Å². The molecule has 10 heteroatoms. The number of methoxy groups -OCH3 is 1. The summed E-state index contributed by atoms with van der Waals surface area (Å²) in [5, 5.41) is 3.46. The molecule has 0 bridgehead atoms. The van der Waals surface area contributed by atoms with E-state index in [1.165, 1.54) is 24.1 Å². The summed E-state index contributed by atoms with van der Waals surface area (Å²) in [5.41, 5.74) is 2.66. The van der Waals surface area contributed by atoms with Crippen LogP contribution in [-0.2, 0) is 26.2 Å².